The number of nitrogens with zero attached hydrogens (tertiary/aromatic N) is 1. The van der Waals surface area contributed by atoms with E-state index in [0.717, 1.165) is 5.56 Å². The van der Waals surface area contributed by atoms with Crippen LogP contribution in [0.15, 0.2) is 53.4 Å². The number of hydrogen-bond donors (Lipinski definition) is 1. The van der Waals surface area contributed by atoms with Gasteiger partial charge in [0, 0.05) is 0 Å². The molecule has 0 saturated carbocycles. The van der Waals surface area contributed by atoms with Crippen molar-refractivity contribution in [3.8, 4) is 0 Å². The average molecular weight is 374 g/mol. The lowest BCUT2D eigenvalue weighted by Gasteiger charge is -2.13. The van der Waals surface area contributed by atoms with E-state index in [1.807, 2.05) is 6.92 Å². The summed E-state index contributed by atoms with van der Waals surface area (Å²) >= 11 is 0. The van der Waals surface area contributed by atoms with Crippen LogP contribution in [0.3, 0.4) is 0 Å². The second-order valence-electron chi connectivity index (χ2n) is 5.55. The summed E-state index contributed by atoms with van der Waals surface area (Å²) < 4.78 is 26.3. The van der Waals surface area contributed by atoms with E-state index < -0.39 is 34.4 Å². The summed E-state index contributed by atoms with van der Waals surface area (Å²) in [5.41, 5.74) is 1.12. The molecule has 26 heavy (non-hydrogen) atoms. The van der Waals surface area contributed by atoms with Crippen molar-refractivity contribution in [1.82, 2.24) is 9.79 Å². The third-order valence-electron chi connectivity index (χ3n) is 3.69. The molecule has 8 nitrogen and oxygen atoms in total. The van der Waals surface area contributed by atoms with Crippen LogP contribution in [0.5, 0.6) is 0 Å². The Morgan fingerprint density at radius 2 is 1.54 bits per heavy atom. The highest BCUT2D eigenvalue weighted by molar-refractivity contribution is 7.89. The first kappa shape index (κ1) is 17.8. The van der Waals surface area contributed by atoms with Crippen LogP contribution in [-0.2, 0) is 19.7 Å². The summed E-state index contributed by atoms with van der Waals surface area (Å²) in [5, 5.41) is 0.327. The fourth-order valence-electron chi connectivity index (χ4n) is 2.34. The Morgan fingerprint density at radius 1 is 1.00 bits per heavy atom. The molecule has 2 amide bonds. The summed E-state index contributed by atoms with van der Waals surface area (Å²) in [6.07, 6.45) is 0. The minimum absolute atomic E-state index is 0.0170. The van der Waals surface area contributed by atoms with E-state index in [2.05, 4.69) is 4.72 Å². The Hall–Kier alpha value is -3.04. The van der Waals surface area contributed by atoms with Gasteiger partial charge >= 0.3 is 5.97 Å². The van der Waals surface area contributed by atoms with Crippen LogP contribution in [0.25, 0.3) is 0 Å². The number of fused-ring (bicyclic) bond motifs is 1. The van der Waals surface area contributed by atoms with Gasteiger partial charge in [-0.25, -0.2) is 13.2 Å². The molecule has 2 aromatic rings. The van der Waals surface area contributed by atoms with E-state index in [9.17, 15) is 22.8 Å². The van der Waals surface area contributed by atoms with Gasteiger partial charge in [-0.05, 0) is 31.2 Å². The van der Waals surface area contributed by atoms with Gasteiger partial charge in [0.2, 0.25) is 10.0 Å². The molecule has 0 atom stereocenters. The van der Waals surface area contributed by atoms with Crippen molar-refractivity contribution in [3.63, 3.8) is 0 Å². The Morgan fingerprint density at radius 3 is 2.08 bits per heavy atom. The van der Waals surface area contributed by atoms with Crippen LogP contribution < -0.4 is 4.72 Å². The van der Waals surface area contributed by atoms with Crippen molar-refractivity contribution in [1.29, 1.82) is 0 Å². The van der Waals surface area contributed by atoms with Gasteiger partial charge in [-0.15, -0.1) is 0 Å². The molecule has 9 heteroatoms. The topological polar surface area (TPSA) is 110 Å². The number of amides is 2. The van der Waals surface area contributed by atoms with Crippen molar-refractivity contribution in [2.45, 2.75) is 11.8 Å². The molecule has 1 aliphatic rings. The SMILES string of the molecule is Cc1ccc(S(=O)(=O)NCC(=O)ON2C(=O)c3ccccc3C2=O)cc1. The van der Waals surface area contributed by atoms with Crippen molar-refractivity contribution >= 4 is 27.8 Å². The maximum Gasteiger partial charge on any atom is 0.347 e. The van der Waals surface area contributed by atoms with Crippen LogP contribution in [0, 0.1) is 6.92 Å². The fraction of sp³-hybridized carbons (Fsp3) is 0.118. The summed E-state index contributed by atoms with van der Waals surface area (Å²) in [6, 6.07) is 12.0. The molecule has 1 N–H and O–H groups in total. The number of carbonyl (C=O) groups excluding carboxylic acids is 3. The Labute approximate surface area is 149 Å². The Balaban J connectivity index is 1.64. The van der Waals surface area contributed by atoms with Crippen LogP contribution in [-0.4, -0.2) is 37.8 Å². The van der Waals surface area contributed by atoms with Crippen LogP contribution in [0.2, 0.25) is 0 Å². The number of aryl methyl sites for hydroxylation is 1. The third-order valence-corrected chi connectivity index (χ3v) is 5.10. The Kier molecular flexibility index (Phi) is 4.58. The molecule has 1 aliphatic heterocycles. The number of hydrogen-bond acceptors (Lipinski definition) is 6. The highest BCUT2D eigenvalue weighted by Crippen LogP contribution is 2.22. The zero-order chi connectivity index (χ0) is 18.9. The summed E-state index contributed by atoms with van der Waals surface area (Å²) in [6.45, 7) is 1.08. The van der Waals surface area contributed by atoms with Gasteiger partial charge < -0.3 is 4.84 Å². The first-order chi connectivity index (χ1) is 12.3. The predicted octanol–water partition coefficient (Wildman–Crippen LogP) is 1.03. The third kappa shape index (κ3) is 3.35. The molecule has 0 unspecified atom stereocenters. The highest BCUT2D eigenvalue weighted by Gasteiger charge is 2.38. The minimum Gasteiger partial charge on any atom is -0.328 e. The lowest BCUT2D eigenvalue weighted by atomic mass is 10.1. The number of rotatable bonds is 5. The predicted molar refractivity (Wildman–Crippen MR) is 89.4 cm³/mol. The summed E-state index contributed by atoms with van der Waals surface area (Å²) in [4.78, 5) is 40.8. The van der Waals surface area contributed by atoms with Crippen molar-refractivity contribution < 1.29 is 27.6 Å². The first-order valence-electron chi connectivity index (χ1n) is 7.54. The largest absolute Gasteiger partial charge is 0.347 e. The van der Waals surface area contributed by atoms with Gasteiger partial charge in [0.25, 0.3) is 11.8 Å². The van der Waals surface area contributed by atoms with Gasteiger partial charge in [-0.1, -0.05) is 34.9 Å². The number of imide groups is 1. The van der Waals surface area contributed by atoms with Crippen LogP contribution in [0.1, 0.15) is 26.3 Å². The quantitative estimate of drug-likeness (QED) is 0.783. The molecule has 2 aromatic carbocycles. The molecule has 0 bridgehead atoms. The van der Waals surface area contributed by atoms with Crippen molar-refractivity contribution in [2.24, 2.45) is 0 Å². The lowest BCUT2D eigenvalue weighted by Crippen LogP contribution is -2.38. The van der Waals surface area contributed by atoms with E-state index in [0.29, 0.717) is 5.06 Å². The zero-order valence-corrected chi connectivity index (χ0v) is 14.4. The number of sulfonamides is 1. The van der Waals surface area contributed by atoms with Crippen LogP contribution in [0.4, 0.5) is 0 Å². The van der Waals surface area contributed by atoms with Gasteiger partial charge in [-0.2, -0.15) is 4.72 Å². The molecule has 0 spiro atoms. The number of benzene rings is 2. The molecule has 0 radical (unpaired) electrons. The average Bonchev–Trinajstić information content (AvgIpc) is 2.86. The van der Waals surface area contributed by atoms with Gasteiger partial charge in [-0.3, -0.25) is 9.59 Å². The fourth-order valence-corrected chi connectivity index (χ4v) is 3.31. The maximum atomic E-state index is 12.1. The van der Waals surface area contributed by atoms with Gasteiger partial charge in [0.05, 0.1) is 16.0 Å². The molecule has 0 fully saturated rings. The van der Waals surface area contributed by atoms with Crippen molar-refractivity contribution in [2.75, 3.05) is 6.54 Å². The minimum atomic E-state index is -3.93. The second-order valence-corrected chi connectivity index (χ2v) is 7.32. The Bertz CT molecular complexity index is 963. The standard InChI is InChI=1S/C17H14N2O6S/c1-11-6-8-12(9-7-11)26(23,24)18-10-15(20)25-19-16(21)13-4-2-3-5-14(13)17(19)22/h2-9,18H,10H2,1H3. The van der Waals surface area contributed by atoms with E-state index in [1.54, 1.807) is 24.3 Å². The lowest BCUT2D eigenvalue weighted by molar-refractivity contribution is -0.166. The normalized spacial score (nSPS) is 13.7. The van der Waals surface area contributed by atoms with E-state index >= 15 is 0 Å². The molecule has 0 aromatic heterocycles. The molecule has 134 valence electrons. The molecule has 1 heterocycles. The number of carbonyl (C=O) groups is 3. The van der Waals surface area contributed by atoms with E-state index in [4.69, 9.17) is 4.84 Å². The van der Waals surface area contributed by atoms with E-state index in [-0.39, 0.29) is 16.0 Å². The maximum absolute atomic E-state index is 12.1. The monoisotopic (exact) mass is 374 g/mol. The van der Waals surface area contributed by atoms with Gasteiger partial charge in [0.1, 0.15) is 6.54 Å². The van der Waals surface area contributed by atoms with Gasteiger partial charge in [0.15, 0.2) is 0 Å². The molecular formula is C17H14N2O6S. The number of hydroxylamine groups is 2. The molecular weight excluding hydrogens is 360 g/mol. The van der Waals surface area contributed by atoms with E-state index in [1.165, 1.54) is 24.3 Å². The highest BCUT2D eigenvalue weighted by atomic mass is 32.2. The molecule has 3 rings (SSSR count). The number of nitrogens with one attached hydrogen (secondary N) is 1. The second kappa shape index (κ2) is 6.70. The molecule has 0 aliphatic carbocycles. The zero-order valence-electron chi connectivity index (χ0n) is 13.6. The smallest absolute Gasteiger partial charge is 0.328 e. The summed E-state index contributed by atoms with van der Waals surface area (Å²) in [7, 11) is -3.93. The first-order valence-corrected chi connectivity index (χ1v) is 9.03. The van der Waals surface area contributed by atoms with Crippen molar-refractivity contribution in [3.05, 3.63) is 65.2 Å². The summed E-state index contributed by atoms with van der Waals surface area (Å²) in [5.74, 6) is -2.64. The molecule has 0 saturated heterocycles. The van der Waals surface area contributed by atoms with Crippen LogP contribution >= 0.6 is 0 Å².